The predicted octanol–water partition coefficient (Wildman–Crippen LogP) is 3.60. The minimum absolute atomic E-state index is 0.0154. The van der Waals surface area contributed by atoms with Crippen molar-refractivity contribution >= 4 is 0 Å². The van der Waals surface area contributed by atoms with Crippen LogP contribution < -0.4 is 10.1 Å². The van der Waals surface area contributed by atoms with Crippen molar-refractivity contribution in [2.75, 3.05) is 0 Å². The molecule has 0 aliphatic carbocycles. The number of aromatic nitrogens is 2. The fourth-order valence-corrected chi connectivity index (χ4v) is 1.65. The lowest BCUT2D eigenvalue weighted by molar-refractivity contribution is 0.413. The maximum Gasteiger partial charge on any atom is 0.237 e. The molecule has 112 valence electrons. The number of nitrogens with zero attached hydrogens (tertiary/aromatic N) is 2. The second-order valence-corrected chi connectivity index (χ2v) is 5.94. The molecule has 0 saturated carbocycles. The second-order valence-electron chi connectivity index (χ2n) is 5.94. The van der Waals surface area contributed by atoms with Crippen LogP contribution in [0.2, 0.25) is 0 Å². The molecule has 4 nitrogen and oxygen atoms in total. The van der Waals surface area contributed by atoms with Gasteiger partial charge in [0.1, 0.15) is 0 Å². The fraction of sp³-hybridized carbons (Fsp3) is 0.375. The first-order valence-electron chi connectivity index (χ1n) is 6.84. The van der Waals surface area contributed by atoms with Crippen molar-refractivity contribution < 1.29 is 9.13 Å². The zero-order chi connectivity index (χ0) is 15.5. The Morgan fingerprint density at radius 2 is 1.95 bits per heavy atom. The molecule has 1 aromatic carbocycles. The number of aryl methyl sites for hydroxylation is 1. The summed E-state index contributed by atoms with van der Waals surface area (Å²) in [7, 11) is 0. The van der Waals surface area contributed by atoms with E-state index in [0.717, 1.165) is 5.69 Å². The van der Waals surface area contributed by atoms with Gasteiger partial charge in [-0.2, -0.15) is 0 Å². The Morgan fingerprint density at radius 1 is 1.19 bits per heavy atom. The highest BCUT2D eigenvalue weighted by Crippen LogP contribution is 2.24. The minimum Gasteiger partial charge on any atom is -0.434 e. The van der Waals surface area contributed by atoms with Gasteiger partial charge >= 0.3 is 0 Å². The van der Waals surface area contributed by atoms with Gasteiger partial charge in [0.15, 0.2) is 11.6 Å². The van der Waals surface area contributed by atoms with E-state index in [1.54, 1.807) is 31.3 Å². The highest BCUT2D eigenvalue weighted by Gasteiger charge is 2.10. The smallest absolute Gasteiger partial charge is 0.237 e. The lowest BCUT2D eigenvalue weighted by Crippen LogP contribution is -2.35. The van der Waals surface area contributed by atoms with Gasteiger partial charge in [0.25, 0.3) is 0 Å². The fourth-order valence-electron chi connectivity index (χ4n) is 1.65. The number of hydrogen-bond donors (Lipinski definition) is 1. The molecule has 0 atom stereocenters. The van der Waals surface area contributed by atoms with E-state index >= 15 is 0 Å². The Bertz CT molecular complexity index is 606. The summed E-state index contributed by atoms with van der Waals surface area (Å²) < 4.78 is 19.3. The van der Waals surface area contributed by atoms with Gasteiger partial charge in [0, 0.05) is 12.1 Å². The average Bonchev–Trinajstić information content (AvgIpc) is 2.42. The number of benzene rings is 1. The van der Waals surface area contributed by atoms with Crippen molar-refractivity contribution in [3.63, 3.8) is 0 Å². The van der Waals surface area contributed by atoms with Gasteiger partial charge in [-0.25, -0.2) is 9.37 Å². The highest BCUT2D eigenvalue weighted by molar-refractivity contribution is 5.32. The topological polar surface area (TPSA) is 47.0 Å². The van der Waals surface area contributed by atoms with E-state index in [2.05, 4.69) is 36.1 Å². The zero-order valence-corrected chi connectivity index (χ0v) is 12.8. The van der Waals surface area contributed by atoms with Crippen molar-refractivity contribution in [3.05, 3.63) is 47.7 Å². The summed E-state index contributed by atoms with van der Waals surface area (Å²) in [6.07, 6.45) is 3.13. The van der Waals surface area contributed by atoms with Gasteiger partial charge in [0.2, 0.25) is 5.88 Å². The lowest BCUT2D eigenvalue weighted by atomic mass is 10.1. The van der Waals surface area contributed by atoms with Crippen molar-refractivity contribution in [3.8, 4) is 11.6 Å². The Labute approximate surface area is 124 Å². The third kappa shape index (κ3) is 4.49. The first-order chi connectivity index (χ1) is 9.85. The van der Waals surface area contributed by atoms with E-state index in [9.17, 15) is 4.39 Å². The molecule has 0 aliphatic rings. The monoisotopic (exact) mass is 289 g/mol. The van der Waals surface area contributed by atoms with Gasteiger partial charge in [-0.15, -0.1) is 0 Å². The van der Waals surface area contributed by atoms with Crippen LogP contribution in [0.25, 0.3) is 0 Å². The molecule has 21 heavy (non-hydrogen) atoms. The van der Waals surface area contributed by atoms with Crippen LogP contribution in [-0.4, -0.2) is 15.5 Å². The molecule has 0 radical (unpaired) electrons. The summed E-state index contributed by atoms with van der Waals surface area (Å²) in [4.78, 5) is 8.41. The molecule has 0 unspecified atom stereocenters. The Kier molecular flexibility index (Phi) is 4.53. The molecule has 0 fully saturated rings. The van der Waals surface area contributed by atoms with Crippen LogP contribution >= 0.6 is 0 Å². The number of rotatable bonds is 4. The first-order valence-corrected chi connectivity index (χ1v) is 6.84. The standard InChI is InChI=1S/C16H20FN3O/c1-11-6-5-7-13(15(11)17)21-14-10-18-12(8-19-14)9-20-16(2,3)4/h5-8,10,20H,9H2,1-4H3. The van der Waals surface area contributed by atoms with E-state index < -0.39 is 0 Å². The van der Waals surface area contributed by atoms with Gasteiger partial charge < -0.3 is 10.1 Å². The molecular formula is C16H20FN3O. The summed E-state index contributed by atoms with van der Waals surface area (Å²) in [5.41, 5.74) is 1.36. The lowest BCUT2D eigenvalue weighted by Gasteiger charge is -2.19. The molecule has 0 spiro atoms. The molecule has 2 rings (SSSR count). The van der Waals surface area contributed by atoms with E-state index in [4.69, 9.17) is 4.74 Å². The molecule has 0 aliphatic heterocycles. The SMILES string of the molecule is Cc1cccc(Oc2cnc(CNC(C)(C)C)cn2)c1F. The van der Waals surface area contributed by atoms with Crippen LogP contribution in [0.3, 0.4) is 0 Å². The largest absolute Gasteiger partial charge is 0.434 e. The van der Waals surface area contributed by atoms with Crippen LogP contribution in [0.1, 0.15) is 32.0 Å². The molecule has 5 heteroatoms. The van der Waals surface area contributed by atoms with Crippen molar-refractivity contribution in [1.82, 2.24) is 15.3 Å². The van der Waals surface area contributed by atoms with Crippen LogP contribution in [0.5, 0.6) is 11.6 Å². The van der Waals surface area contributed by atoms with Crippen LogP contribution in [0.15, 0.2) is 30.6 Å². The summed E-state index contributed by atoms with van der Waals surface area (Å²) >= 11 is 0. The van der Waals surface area contributed by atoms with Gasteiger partial charge in [0.05, 0.1) is 18.1 Å². The zero-order valence-electron chi connectivity index (χ0n) is 12.8. The molecule has 0 amide bonds. The quantitative estimate of drug-likeness (QED) is 0.934. The van der Waals surface area contributed by atoms with Gasteiger partial charge in [-0.05, 0) is 39.3 Å². The highest BCUT2D eigenvalue weighted by atomic mass is 19.1. The number of halogens is 1. The van der Waals surface area contributed by atoms with Crippen LogP contribution in [-0.2, 0) is 6.54 Å². The van der Waals surface area contributed by atoms with Gasteiger partial charge in [-0.3, -0.25) is 4.98 Å². The van der Waals surface area contributed by atoms with Crippen molar-refractivity contribution in [2.45, 2.75) is 39.8 Å². The van der Waals surface area contributed by atoms with E-state index in [1.165, 1.54) is 6.20 Å². The third-order valence-electron chi connectivity index (χ3n) is 2.85. The third-order valence-corrected chi connectivity index (χ3v) is 2.85. The molecular weight excluding hydrogens is 269 g/mol. The summed E-state index contributed by atoms with van der Waals surface area (Å²) in [5, 5.41) is 3.32. The first kappa shape index (κ1) is 15.4. The number of hydrogen-bond acceptors (Lipinski definition) is 4. The number of nitrogens with one attached hydrogen (secondary N) is 1. The summed E-state index contributed by atoms with van der Waals surface area (Å²) in [6.45, 7) is 8.56. The Balaban J connectivity index is 2.04. The summed E-state index contributed by atoms with van der Waals surface area (Å²) in [5.74, 6) is 0.0571. The Morgan fingerprint density at radius 3 is 2.57 bits per heavy atom. The normalized spacial score (nSPS) is 11.5. The second kappa shape index (κ2) is 6.18. The van der Waals surface area contributed by atoms with E-state index in [0.29, 0.717) is 12.1 Å². The summed E-state index contributed by atoms with van der Waals surface area (Å²) in [6, 6.07) is 5.00. The van der Waals surface area contributed by atoms with E-state index in [1.807, 2.05) is 0 Å². The van der Waals surface area contributed by atoms with Crippen molar-refractivity contribution in [1.29, 1.82) is 0 Å². The van der Waals surface area contributed by atoms with E-state index in [-0.39, 0.29) is 23.0 Å². The molecule has 1 aromatic heterocycles. The molecule has 2 aromatic rings. The number of ether oxygens (including phenoxy) is 1. The predicted molar refractivity (Wildman–Crippen MR) is 79.8 cm³/mol. The molecule has 0 saturated heterocycles. The molecule has 0 bridgehead atoms. The molecule has 1 N–H and O–H groups in total. The van der Waals surface area contributed by atoms with Crippen LogP contribution in [0.4, 0.5) is 4.39 Å². The average molecular weight is 289 g/mol. The Hall–Kier alpha value is -2.01. The minimum atomic E-state index is -0.377. The maximum atomic E-state index is 13.8. The van der Waals surface area contributed by atoms with Crippen molar-refractivity contribution in [2.24, 2.45) is 0 Å². The van der Waals surface area contributed by atoms with Crippen LogP contribution in [0, 0.1) is 12.7 Å². The maximum absolute atomic E-state index is 13.8. The molecule has 1 heterocycles. The van der Waals surface area contributed by atoms with Gasteiger partial charge in [-0.1, -0.05) is 12.1 Å².